The molecular formula is C13H10FN3O2S. The Hall–Kier alpha value is -2.33. The summed E-state index contributed by atoms with van der Waals surface area (Å²) in [6.45, 7) is 1.80. The first-order valence-electron chi connectivity index (χ1n) is 5.62. The molecule has 5 nitrogen and oxygen atoms in total. The number of hydrogen-bond donors (Lipinski definition) is 1. The molecule has 0 unspecified atom stereocenters. The van der Waals surface area contributed by atoms with E-state index in [2.05, 4.69) is 4.98 Å². The standard InChI is InChI=1S/C13H10FN3O2S/c1-8-6-16-13(20-7-12(18)19)17(8)10-2-3-11(14)9(4-10)5-15/h2-4,6H,7H2,1H3,(H,18,19). The van der Waals surface area contributed by atoms with Crippen LogP contribution in [0.25, 0.3) is 5.69 Å². The maximum atomic E-state index is 13.3. The zero-order valence-electron chi connectivity index (χ0n) is 10.5. The molecule has 0 radical (unpaired) electrons. The molecule has 0 aliphatic rings. The van der Waals surface area contributed by atoms with Gasteiger partial charge in [0.25, 0.3) is 0 Å². The average Bonchev–Trinajstić information content (AvgIpc) is 2.78. The Labute approximate surface area is 118 Å². The fourth-order valence-electron chi connectivity index (χ4n) is 1.70. The van der Waals surface area contributed by atoms with E-state index in [4.69, 9.17) is 10.4 Å². The normalized spacial score (nSPS) is 10.2. The molecule has 1 aromatic carbocycles. The first-order chi connectivity index (χ1) is 9.52. The molecule has 2 rings (SSSR count). The fourth-order valence-corrected chi connectivity index (χ4v) is 2.45. The second kappa shape index (κ2) is 5.75. The van der Waals surface area contributed by atoms with Crippen molar-refractivity contribution in [1.82, 2.24) is 9.55 Å². The van der Waals surface area contributed by atoms with Crippen LogP contribution in [0.3, 0.4) is 0 Å². The SMILES string of the molecule is Cc1cnc(SCC(=O)O)n1-c1ccc(F)c(C#N)c1. The number of carboxylic acids is 1. The highest BCUT2D eigenvalue weighted by atomic mass is 32.2. The number of hydrogen-bond acceptors (Lipinski definition) is 4. The number of imidazole rings is 1. The van der Waals surface area contributed by atoms with Crippen LogP contribution in [0, 0.1) is 24.1 Å². The molecule has 0 fully saturated rings. The van der Waals surface area contributed by atoms with Gasteiger partial charge < -0.3 is 5.11 Å². The van der Waals surface area contributed by atoms with Crippen molar-refractivity contribution < 1.29 is 14.3 Å². The second-order valence-corrected chi connectivity index (χ2v) is 4.92. The molecule has 1 heterocycles. The summed E-state index contributed by atoms with van der Waals surface area (Å²) >= 11 is 1.06. The van der Waals surface area contributed by atoms with E-state index in [0.29, 0.717) is 10.8 Å². The molecule has 0 amide bonds. The molecule has 0 aliphatic carbocycles. The molecule has 0 saturated carbocycles. The fraction of sp³-hybridized carbons (Fsp3) is 0.154. The van der Waals surface area contributed by atoms with E-state index in [0.717, 1.165) is 17.5 Å². The maximum absolute atomic E-state index is 13.3. The minimum atomic E-state index is -0.945. The van der Waals surface area contributed by atoms with Crippen LogP contribution in [0.15, 0.2) is 29.6 Å². The highest BCUT2D eigenvalue weighted by Crippen LogP contribution is 2.24. The lowest BCUT2D eigenvalue weighted by atomic mass is 10.2. The van der Waals surface area contributed by atoms with E-state index in [9.17, 15) is 9.18 Å². The summed E-state index contributed by atoms with van der Waals surface area (Å²) < 4.78 is 15.0. The summed E-state index contributed by atoms with van der Waals surface area (Å²) in [5, 5.41) is 18.1. The number of aliphatic carboxylic acids is 1. The Balaban J connectivity index is 2.44. The van der Waals surface area contributed by atoms with Crippen molar-refractivity contribution in [2.75, 3.05) is 5.75 Å². The van der Waals surface area contributed by atoms with E-state index in [-0.39, 0.29) is 11.3 Å². The first-order valence-corrected chi connectivity index (χ1v) is 6.60. The third-order valence-corrected chi connectivity index (χ3v) is 3.50. The molecule has 1 aromatic heterocycles. The summed E-state index contributed by atoms with van der Waals surface area (Å²) in [4.78, 5) is 14.7. The topological polar surface area (TPSA) is 78.9 Å². The van der Waals surface area contributed by atoms with Gasteiger partial charge in [-0.1, -0.05) is 11.8 Å². The minimum absolute atomic E-state index is 0.0650. The number of carboxylic acid groups (broad SMARTS) is 1. The Morgan fingerprint density at radius 1 is 1.60 bits per heavy atom. The lowest BCUT2D eigenvalue weighted by molar-refractivity contribution is -0.133. The third kappa shape index (κ3) is 2.81. The van der Waals surface area contributed by atoms with Gasteiger partial charge in [-0.3, -0.25) is 9.36 Å². The first kappa shape index (κ1) is 14.1. The van der Waals surface area contributed by atoms with Crippen molar-refractivity contribution >= 4 is 17.7 Å². The summed E-state index contributed by atoms with van der Waals surface area (Å²) in [5.41, 5.74) is 1.28. The Morgan fingerprint density at radius 3 is 3.00 bits per heavy atom. The van der Waals surface area contributed by atoms with Gasteiger partial charge in [0.2, 0.25) is 0 Å². The van der Waals surface area contributed by atoms with Crippen molar-refractivity contribution in [3.05, 3.63) is 41.5 Å². The van der Waals surface area contributed by atoms with Crippen molar-refractivity contribution in [2.45, 2.75) is 12.1 Å². The molecule has 7 heteroatoms. The highest BCUT2D eigenvalue weighted by Gasteiger charge is 2.13. The predicted molar refractivity (Wildman–Crippen MR) is 71.3 cm³/mol. The van der Waals surface area contributed by atoms with E-state index in [1.807, 2.05) is 0 Å². The highest BCUT2D eigenvalue weighted by molar-refractivity contribution is 7.99. The van der Waals surface area contributed by atoms with E-state index >= 15 is 0 Å². The van der Waals surface area contributed by atoms with Crippen LogP contribution < -0.4 is 0 Å². The largest absolute Gasteiger partial charge is 0.481 e. The number of aromatic nitrogens is 2. The maximum Gasteiger partial charge on any atom is 0.313 e. The number of nitrogens with zero attached hydrogens (tertiary/aromatic N) is 3. The second-order valence-electron chi connectivity index (χ2n) is 3.98. The average molecular weight is 291 g/mol. The molecule has 102 valence electrons. The van der Waals surface area contributed by atoms with Gasteiger partial charge in [-0.15, -0.1) is 0 Å². The van der Waals surface area contributed by atoms with Gasteiger partial charge in [-0.2, -0.15) is 5.26 Å². The van der Waals surface area contributed by atoms with E-state index < -0.39 is 11.8 Å². The van der Waals surface area contributed by atoms with Crippen LogP contribution in [-0.4, -0.2) is 26.4 Å². The van der Waals surface area contributed by atoms with Crippen LogP contribution >= 0.6 is 11.8 Å². The smallest absolute Gasteiger partial charge is 0.313 e. The molecule has 0 aliphatic heterocycles. The summed E-state index contributed by atoms with van der Waals surface area (Å²) in [7, 11) is 0. The Kier molecular flexibility index (Phi) is 4.05. The molecule has 0 saturated heterocycles. The monoisotopic (exact) mass is 291 g/mol. The van der Waals surface area contributed by atoms with Crippen LogP contribution in [0.5, 0.6) is 0 Å². The van der Waals surface area contributed by atoms with Gasteiger partial charge >= 0.3 is 5.97 Å². The molecule has 0 bridgehead atoms. The van der Waals surface area contributed by atoms with Crippen molar-refractivity contribution in [1.29, 1.82) is 5.26 Å². The minimum Gasteiger partial charge on any atom is -0.481 e. The van der Waals surface area contributed by atoms with E-state index in [1.54, 1.807) is 23.8 Å². The lowest BCUT2D eigenvalue weighted by Gasteiger charge is -2.09. The molecule has 0 atom stereocenters. The third-order valence-electron chi connectivity index (χ3n) is 2.56. The molecule has 1 N–H and O–H groups in total. The number of rotatable bonds is 4. The van der Waals surface area contributed by atoms with Crippen molar-refractivity contribution in [3.63, 3.8) is 0 Å². The number of thioether (sulfide) groups is 1. The zero-order valence-corrected chi connectivity index (χ0v) is 11.3. The summed E-state index contributed by atoms with van der Waals surface area (Å²) in [6.07, 6.45) is 1.60. The summed E-state index contributed by atoms with van der Waals surface area (Å²) in [6, 6.07) is 5.92. The van der Waals surface area contributed by atoms with Gasteiger partial charge in [0, 0.05) is 17.6 Å². The molecule has 20 heavy (non-hydrogen) atoms. The van der Waals surface area contributed by atoms with Crippen LogP contribution in [0.2, 0.25) is 0 Å². The van der Waals surface area contributed by atoms with Crippen molar-refractivity contribution in [2.24, 2.45) is 0 Å². The van der Waals surface area contributed by atoms with Crippen molar-refractivity contribution in [3.8, 4) is 11.8 Å². The molecule has 2 aromatic rings. The van der Waals surface area contributed by atoms with E-state index in [1.165, 1.54) is 18.2 Å². The number of benzene rings is 1. The predicted octanol–water partition coefficient (Wildman–Crippen LogP) is 2.37. The zero-order chi connectivity index (χ0) is 14.7. The quantitative estimate of drug-likeness (QED) is 0.875. The van der Waals surface area contributed by atoms with Gasteiger partial charge in [0.05, 0.1) is 11.3 Å². The van der Waals surface area contributed by atoms with Gasteiger partial charge in [0.15, 0.2) is 5.16 Å². The van der Waals surface area contributed by atoms with Gasteiger partial charge in [0.1, 0.15) is 11.9 Å². The number of aryl methyl sites for hydroxylation is 1. The Bertz CT molecular complexity index is 706. The van der Waals surface area contributed by atoms with Crippen LogP contribution in [-0.2, 0) is 4.79 Å². The Morgan fingerprint density at radius 2 is 2.35 bits per heavy atom. The number of nitriles is 1. The van der Waals surface area contributed by atoms with Crippen LogP contribution in [0.4, 0.5) is 4.39 Å². The number of carbonyl (C=O) groups is 1. The van der Waals surface area contributed by atoms with Gasteiger partial charge in [-0.05, 0) is 25.1 Å². The number of halogens is 1. The lowest BCUT2D eigenvalue weighted by Crippen LogP contribution is -2.03. The summed E-state index contributed by atoms with van der Waals surface area (Å²) in [5.74, 6) is -1.66. The van der Waals surface area contributed by atoms with Gasteiger partial charge in [-0.25, -0.2) is 9.37 Å². The molecular weight excluding hydrogens is 281 g/mol. The van der Waals surface area contributed by atoms with Crippen LogP contribution in [0.1, 0.15) is 11.3 Å². The molecule has 0 spiro atoms.